The number of anilines is 1. The molecule has 0 radical (unpaired) electrons. The number of likely N-dealkylation sites (N-methyl/N-ethyl adjacent to an activating group) is 1. The Kier molecular flexibility index (Phi) is 6.83. The first-order valence-electron chi connectivity index (χ1n) is 8.09. The first-order chi connectivity index (χ1) is 12.1. The monoisotopic (exact) mass is 342 g/mol. The smallest absolute Gasteiger partial charge is 0.415 e. The highest BCUT2D eigenvalue weighted by molar-refractivity contribution is 5.90. The number of amides is 2. The molecule has 2 aromatic rings. The Morgan fingerprint density at radius 1 is 1.04 bits per heavy atom. The van der Waals surface area contributed by atoms with Crippen LogP contribution in [0, 0.1) is 0 Å². The van der Waals surface area contributed by atoms with Gasteiger partial charge in [0, 0.05) is 25.2 Å². The van der Waals surface area contributed by atoms with Crippen molar-refractivity contribution in [3.63, 3.8) is 0 Å². The van der Waals surface area contributed by atoms with Crippen molar-refractivity contribution < 1.29 is 19.1 Å². The van der Waals surface area contributed by atoms with Crippen LogP contribution in [0.4, 0.5) is 10.5 Å². The van der Waals surface area contributed by atoms with Gasteiger partial charge in [0.05, 0.1) is 6.54 Å². The fourth-order valence-corrected chi connectivity index (χ4v) is 1.97. The molecule has 1 N–H and O–H groups in total. The second-order valence-corrected chi connectivity index (χ2v) is 5.38. The minimum atomic E-state index is -0.490. The molecule has 0 fully saturated rings. The topological polar surface area (TPSA) is 67.9 Å². The first-order valence-corrected chi connectivity index (χ1v) is 8.09. The van der Waals surface area contributed by atoms with Crippen LogP contribution in [0.2, 0.25) is 0 Å². The molecule has 25 heavy (non-hydrogen) atoms. The zero-order chi connectivity index (χ0) is 18.1. The predicted octanol–water partition coefficient (Wildman–Crippen LogP) is 3.54. The summed E-state index contributed by atoms with van der Waals surface area (Å²) in [5.74, 6) is 1.03. The molecule has 0 unspecified atom stereocenters. The molecule has 6 heteroatoms. The van der Waals surface area contributed by atoms with Gasteiger partial charge in [-0.2, -0.15) is 0 Å². The van der Waals surface area contributed by atoms with Gasteiger partial charge in [-0.3, -0.25) is 4.79 Å². The van der Waals surface area contributed by atoms with Gasteiger partial charge < -0.3 is 19.7 Å². The molecule has 0 bridgehead atoms. The summed E-state index contributed by atoms with van der Waals surface area (Å²) in [4.78, 5) is 25.0. The third kappa shape index (κ3) is 6.18. The Labute approximate surface area is 147 Å². The summed E-state index contributed by atoms with van der Waals surface area (Å²) in [6.07, 6.45) is -0.107. The quantitative estimate of drug-likeness (QED) is 0.835. The number of benzene rings is 2. The standard InChI is InChI=1S/C19H22N2O4/c1-3-18(22)20-15-8-7-11-17(14-15)25-19(23)21(2)12-13-24-16-9-5-4-6-10-16/h4-11,14H,3,12-13H2,1-2H3,(H,20,22). The molecular formula is C19H22N2O4. The van der Waals surface area contributed by atoms with Crippen molar-refractivity contribution in [3.8, 4) is 11.5 Å². The number of para-hydroxylation sites is 1. The fraction of sp³-hybridized carbons (Fsp3) is 0.263. The van der Waals surface area contributed by atoms with E-state index in [1.54, 1.807) is 38.2 Å². The van der Waals surface area contributed by atoms with Crippen molar-refractivity contribution in [1.29, 1.82) is 0 Å². The lowest BCUT2D eigenvalue weighted by Crippen LogP contribution is -2.33. The van der Waals surface area contributed by atoms with E-state index in [1.807, 2.05) is 30.3 Å². The van der Waals surface area contributed by atoms with E-state index in [0.29, 0.717) is 31.0 Å². The average molecular weight is 342 g/mol. The SMILES string of the molecule is CCC(=O)Nc1cccc(OC(=O)N(C)CCOc2ccccc2)c1. The van der Waals surface area contributed by atoms with Crippen molar-refractivity contribution in [2.75, 3.05) is 25.5 Å². The number of carbonyl (C=O) groups is 2. The molecule has 0 spiro atoms. The van der Waals surface area contributed by atoms with Crippen molar-refractivity contribution in [3.05, 3.63) is 54.6 Å². The molecule has 0 saturated carbocycles. The van der Waals surface area contributed by atoms with Gasteiger partial charge in [0.25, 0.3) is 0 Å². The van der Waals surface area contributed by atoms with Crippen molar-refractivity contribution in [1.82, 2.24) is 4.90 Å². The molecule has 132 valence electrons. The average Bonchev–Trinajstić information content (AvgIpc) is 2.62. The minimum absolute atomic E-state index is 0.0985. The molecule has 0 heterocycles. The number of carbonyl (C=O) groups excluding carboxylic acids is 2. The molecule has 2 amide bonds. The predicted molar refractivity (Wildman–Crippen MR) is 96.0 cm³/mol. The van der Waals surface area contributed by atoms with Gasteiger partial charge >= 0.3 is 6.09 Å². The van der Waals surface area contributed by atoms with E-state index >= 15 is 0 Å². The molecule has 0 aliphatic heterocycles. The summed E-state index contributed by atoms with van der Waals surface area (Å²) in [5, 5.41) is 2.72. The third-order valence-electron chi connectivity index (χ3n) is 3.39. The Bertz CT molecular complexity index is 704. The van der Waals surface area contributed by atoms with Gasteiger partial charge in [-0.05, 0) is 24.3 Å². The van der Waals surface area contributed by atoms with Crippen LogP contribution in [0.1, 0.15) is 13.3 Å². The lowest BCUT2D eigenvalue weighted by molar-refractivity contribution is -0.115. The lowest BCUT2D eigenvalue weighted by Gasteiger charge is -2.17. The highest BCUT2D eigenvalue weighted by Gasteiger charge is 2.12. The Morgan fingerprint density at radius 3 is 2.48 bits per heavy atom. The van der Waals surface area contributed by atoms with E-state index < -0.39 is 6.09 Å². The second kappa shape index (κ2) is 9.32. The van der Waals surface area contributed by atoms with Gasteiger partial charge in [0.1, 0.15) is 18.1 Å². The summed E-state index contributed by atoms with van der Waals surface area (Å²) in [6.45, 7) is 2.52. The van der Waals surface area contributed by atoms with Crippen LogP contribution >= 0.6 is 0 Å². The van der Waals surface area contributed by atoms with Crippen molar-refractivity contribution in [2.24, 2.45) is 0 Å². The van der Waals surface area contributed by atoms with Crippen LogP contribution in [-0.4, -0.2) is 37.1 Å². The molecule has 0 aromatic heterocycles. The molecule has 0 atom stereocenters. The van der Waals surface area contributed by atoms with E-state index in [-0.39, 0.29) is 5.91 Å². The van der Waals surface area contributed by atoms with Gasteiger partial charge in [-0.1, -0.05) is 31.2 Å². The van der Waals surface area contributed by atoms with Crippen LogP contribution in [-0.2, 0) is 4.79 Å². The summed E-state index contributed by atoms with van der Waals surface area (Å²) in [6, 6.07) is 16.1. The molecule has 0 saturated heterocycles. The van der Waals surface area contributed by atoms with E-state index in [0.717, 1.165) is 5.75 Å². The maximum absolute atomic E-state index is 12.1. The molecule has 0 aliphatic rings. The van der Waals surface area contributed by atoms with Gasteiger partial charge in [0.15, 0.2) is 0 Å². The van der Waals surface area contributed by atoms with E-state index in [9.17, 15) is 9.59 Å². The summed E-state index contributed by atoms with van der Waals surface area (Å²) in [5.41, 5.74) is 0.590. The largest absolute Gasteiger partial charge is 0.492 e. The Morgan fingerprint density at radius 2 is 1.76 bits per heavy atom. The molecule has 2 rings (SSSR count). The normalized spacial score (nSPS) is 10.0. The van der Waals surface area contributed by atoms with Crippen LogP contribution in [0.15, 0.2) is 54.6 Å². The Balaban J connectivity index is 1.82. The minimum Gasteiger partial charge on any atom is -0.492 e. The maximum Gasteiger partial charge on any atom is 0.415 e. The summed E-state index contributed by atoms with van der Waals surface area (Å²) in [7, 11) is 1.64. The van der Waals surface area contributed by atoms with E-state index in [4.69, 9.17) is 9.47 Å². The fourth-order valence-electron chi connectivity index (χ4n) is 1.97. The summed E-state index contributed by atoms with van der Waals surface area (Å²) < 4.78 is 10.9. The molecule has 6 nitrogen and oxygen atoms in total. The van der Waals surface area contributed by atoms with Gasteiger partial charge in [-0.15, -0.1) is 0 Å². The zero-order valence-corrected chi connectivity index (χ0v) is 14.4. The molecule has 0 aliphatic carbocycles. The number of hydrogen-bond donors (Lipinski definition) is 1. The van der Waals surface area contributed by atoms with Crippen LogP contribution in [0.5, 0.6) is 11.5 Å². The number of hydrogen-bond acceptors (Lipinski definition) is 4. The van der Waals surface area contributed by atoms with Crippen molar-refractivity contribution >= 4 is 17.7 Å². The second-order valence-electron chi connectivity index (χ2n) is 5.38. The van der Waals surface area contributed by atoms with E-state index in [2.05, 4.69) is 5.32 Å². The third-order valence-corrected chi connectivity index (χ3v) is 3.39. The highest BCUT2D eigenvalue weighted by atomic mass is 16.6. The Hall–Kier alpha value is -3.02. The first kappa shape index (κ1) is 18.3. The highest BCUT2D eigenvalue weighted by Crippen LogP contribution is 2.18. The van der Waals surface area contributed by atoms with Crippen molar-refractivity contribution in [2.45, 2.75) is 13.3 Å². The van der Waals surface area contributed by atoms with Crippen LogP contribution in [0.3, 0.4) is 0 Å². The maximum atomic E-state index is 12.1. The van der Waals surface area contributed by atoms with Gasteiger partial charge in [-0.25, -0.2) is 4.79 Å². The van der Waals surface area contributed by atoms with Crippen LogP contribution < -0.4 is 14.8 Å². The lowest BCUT2D eigenvalue weighted by atomic mass is 10.3. The van der Waals surface area contributed by atoms with E-state index in [1.165, 1.54) is 4.90 Å². The number of nitrogens with one attached hydrogen (secondary N) is 1. The number of ether oxygens (including phenoxy) is 2. The zero-order valence-electron chi connectivity index (χ0n) is 14.4. The molecular weight excluding hydrogens is 320 g/mol. The molecule has 2 aromatic carbocycles. The number of rotatable bonds is 7. The number of nitrogens with zero attached hydrogens (tertiary/aromatic N) is 1. The van der Waals surface area contributed by atoms with Gasteiger partial charge in [0.2, 0.25) is 5.91 Å². The summed E-state index contributed by atoms with van der Waals surface area (Å²) >= 11 is 0. The van der Waals surface area contributed by atoms with Crippen LogP contribution in [0.25, 0.3) is 0 Å².